The summed E-state index contributed by atoms with van der Waals surface area (Å²) in [6.45, 7) is 2.68. The summed E-state index contributed by atoms with van der Waals surface area (Å²) in [5.41, 5.74) is 0. The van der Waals surface area contributed by atoms with E-state index in [0.717, 1.165) is 12.8 Å². The zero-order chi connectivity index (χ0) is 11.1. The minimum atomic E-state index is -1.14. The molecule has 0 radical (unpaired) electrons. The molecule has 0 atom stereocenters. The first-order chi connectivity index (χ1) is 7.24. The van der Waals surface area contributed by atoms with Gasteiger partial charge in [-0.15, -0.1) is 0 Å². The van der Waals surface area contributed by atoms with Crippen LogP contribution in [0.5, 0.6) is 5.88 Å². The van der Waals surface area contributed by atoms with Crippen LogP contribution in [-0.2, 0) is 0 Å². The van der Waals surface area contributed by atoms with Crippen molar-refractivity contribution in [1.82, 2.24) is 5.16 Å². The number of carbonyl (C=O) groups is 1. The number of nitrogens with zero attached hydrogens (tertiary/aromatic N) is 1. The molecule has 1 aromatic heterocycles. The average molecular weight is 213 g/mol. The van der Waals surface area contributed by atoms with Gasteiger partial charge in [0.05, 0.1) is 12.7 Å². The quantitative estimate of drug-likeness (QED) is 0.704. The molecule has 5 heteroatoms. The molecular weight excluding hydrogens is 198 g/mol. The maximum absolute atomic E-state index is 10.4. The van der Waals surface area contributed by atoms with Crippen molar-refractivity contribution in [3.63, 3.8) is 0 Å². The van der Waals surface area contributed by atoms with Gasteiger partial charge in [-0.05, 0) is 11.6 Å². The van der Waals surface area contributed by atoms with Gasteiger partial charge < -0.3 is 14.4 Å². The Morgan fingerprint density at radius 2 is 2.33 bits per heavy atom. The van der Waals surface area contributed by atoms with E-state index in [4.69, 9.17) is 9.84 Å². The van der Waals surface area contributed by atoms with Crippen LogP contribution in [-0.4, -0.2) is 22.8 Å². The summed E-state index contributed by atoms with van der Waals surface area (Å²) in [5, 5.41) is 12.0. The first kappa shape index (κ1) is 11.6. The molecule has 0 unspecified atom stereocenters. The molecule has 1 aromatic rings. The Balaban J connectivity index is 2.23. The number of unbranched alkanes of at least 4 members (excludes halogenated alkanes) is 3. The lowest BCUT2D eigenvalue weighted by Gasteiger charge is -2.00. The number of hydrogen-bond donors (Lipinski definition) is 1. The SMILES string of the molecule is CCCCCCOc1cc(C(=O)O)on1. The van der Waals surface area contributed by atoms with E-state index >= 15 is 0 Å². The van der Waals surface area contributed by atoms with E-state index in [1.165, 1.54) is 18.9 Å². The van der Waals surface area contributed by atoms with E-state index in [0.29, 0.717) is 6.61 Å². The molecular formula is C10H15NO4. The third kappa shape index (κ3) is 4.01. The molecule has 0 bridgehead atoms. The highest BCUT2D eigenvalue weighted by Crippen LogP contribution is 2.11. The van der Waals surface area contributed by atoms with E-state index in [1.807, 2.05) is 0 Å². The molecule has 0 aromatic carbocycles. The number of aromatic carboxylic acids is 1. The zero-order valence-corrected chi connectivity index (χ0v) is 8.73. The predicted molar refractivity (Wildman–Crippen MR) is 53.1 cm³/mol. The van der Waals surface area contributed by atoms with E-state index in [9.17, 15) is 4.79 Å². The molecule has 5 nitrogen and oxygen atoms in total. The first-order valence-electron chi connectivity index (χ1n) is 5.07. The third-order valence-electron chi connectivity index (χ3n) is 1.95. The van der Waals surface area contributed by atoms with Crippen LogP contribution >= 0.6 is 0 Å². The van der Waals surface area contributed by atoms with Crippen LogP contribution in [0.25, 0.3) is 0 Å². The Hall–Kier alpha value is -1.52. The van der Waals surface area contributed by atoms with Crippen molar-refractivity contribution in [2.24, 2.45) is 0 Å². The van der Waals surface area contributed by atoms with E-state index < -0.39 is 5.97 Å². The number of carboxylic acids is 1. The molecule has 84 valence electrons. The number of aromatic nitrogens is 1. The van der Waals surface area contributed by atoms with Gasteiger partial charge >= 0.3 is 5.97 Å². The summed E-state index contributed by atoms with van der Waals surface area (Å²) in [6.07, 6.45) is 4.42. The fourth-order valence-corrected chi connectivity index (χ4v) is 1.13. The molecule has 0 fully saturated rings. The van der Waals surface area contributed by atoms with Crippen molar-refractivity contribution in [2.45, 2.75) is 32.6 Å². The van der Waals surface area contributed by atoms with Crippen LogP contribution < -0.4 is 4.74 Å². The minimum absolute atomic E-state index is 0.196. The second-order valence-electron chi connectivity index (χ2n) is 3.24. The Morgan fingerprint density at radius 1 is 1.53 bits per heavy atom. The highest BCUT2D eigenvalue weighted by atomic mass is 16.5. The fourth-order valence-electron chi connectivity index (χ4n) is 1.13. The monoisotopic (exact) mass is 213 g/mol. The molecule has 0 saturated heterocycles. The highest BCUT2D eigenvalue weighted by Gasteiger charge is 2.11. The largest absolute Gasteiger partial charge is 0.475 e. The fraction of sp³-hybridized carbons (Fsp3) is 0.600. The molecule has 0 spiro atoms. The molecule has 1 rings (SSSR count). The second kappa shape index (κ2) is 6.06. The van der Waals surface area contributed by atoms with Crippen LogP contribution in [0, 0.1) is 0 Å². The lowest BCUT2D eigenvalue weighted by atomic mass is 10.2. The zero-order valence-electron chi connectivity index (χ0n) is 8.73. The Labute approximate surface area is 88.0 Å². The molecule has 0 saturated carbocycles. The molecule has 0 aliphatic rings. The van der Waals surface area contributed by atoms with Gasteiger partial charge in [0.25, 0.3) is 5.88 Å². The lowest BCUT2D eigenvalue weighted by Crippen LogP contribution is -1.97. The summed E-state index contributed by atoms with van der Waals surface area (Å²) in [6, 6.07) is 1.28. The van der Waals surface area contributed by atoms with Crippen LogP contribution in [0.4, 0.5) is 0 Å². The molecule has 1 N–H and O–H groups in total. The standard InChI is InChI=1S/C10H15NO4/c1-2-3-4-5-6-14-9-7-8(10(12)13)15-11-9/h7H,2-6H2,1H3,(H,12,13). The van der Waals surface area contributed by atoms with Crippen molar-refractivity contribution in [3.8, 4) is 5.88 Å². The van der Waals surface area contributed by atoms with Crippen molar-refractivity contribution in [3.05, 3.63) is 11.8 Å². The topological polar surface area (TPSA) is 72.6 Å². The molecule has 15 heavy (non-hydrogen) atoms. The maximum atomic E-state index is 10.4. The summed E-state index contributed by atoms with van der Waals surface area (Å²) >= 11 is 0. The summed E-state index contributed by atoms with van der Waals surface area (Å²) < 4.78 is 9.74. The Bertz CT molecular complexity index is 308. The van der Waals surface area contributed by atoms with Gasteiger partial charge in [-0.3, -0.25) is 0 Å². The van der Waals surface area contributed by atoms with Gasteiger partial charge in [0.1, 0.15) is 0 Å². The van der Waals surface area contributed by atoms with E-state index in [1.54, 1.807) is 0 Å². The Morgan fingerprint density at radius 3 is 2.93 bits per heavy atom. The minimum Gasteiger partial charge on any atom is -0.475 e. The van der Waals surface area contributed by atoms with Crippen LogP contribution in [0.2, 0.25) is 0 Å². The third-order valence-corrected chi connectivity index (χ3v) is 1.95. The predicted octanol–water partition coefficient (Wildman–Crippen LogP) is 2.33. The maximum Gasteiger partial charge on any atom is 0.374 e. The van der Waals surface area contributed by atoms with Crippen LogP contribution in [0.3, 0.4) is 0 Å². The van der Waals surface area contributed by atoms with Crippen molar-refractivity contribution in [2.75, 3.05) is 6.61 Å². The highest BCUT2D eigenvalue weighted by molar-refractivity contribution is 5.84. The van der Waals surface area contributed by atoms with Gasteiger partial charge in [-0.25, -0.2) is 4.79 Å². The Kier molecular flexibility index (Phi) is 4.66. The average Bonchev–Trinajstić information content (AvgIpc) is 2.66. The lowest BCUT2D eigenvalue weighted by molar-refractivity contribution is 0.0651. The summed E-state index contributed by atoms with van der Waals surface area (Å²) in [4.78, 5) is 10.4. The second-order valence-corrected chi connectivity index (χ2v) is 3.24. The van der Waals surface area contributed by atoms with Gasteiger partial charge in [0.2, 0.25) is 5.76 Å². The smallest absolute Gasteiger partial charge is 0.374 e. The molecule has 0 aliphatic carbocycles. The first-order valence-corrected chi connectivity index (χ1v) is 5.07. The van der Waals surface area contributed by atoms with Gasteiger partial charge in [-0.1, -0.05) is 26.2 Å². The molecule has 0 aliphatic heterocycles. The van der Waals surface area contributed by atoms with Gasteiger partial charge in [-0.2, -0.15) is 0 Å². The number of hydrogen-bond acceptors (Lipinski definition) is 4. The number of rotatable bonds is 7. The number of carboxylic acid groups (broad SMARTS) is 1. The molecule has 0 amide bonds. The van der Waals surface area contributed by atoms with Gasteiger partial charge in [0, 0.05) is 0 Å². The van der Waals surface area contributed by atoms with Crippen LogP contribution in [0.15, 0.2) is 10.6 Å². The van der Waals surface area contributed by atoms with Crippen LogP contribution in [0.1, 0.15) is 43.2 Å². The van der Waals surface area contributed by atoms with Gasteiger partial charge in [0.15, 0.2) is 0 Å². The number of ether oxygens (including phenoxy) is 1. The van der Waals surface area contributed by atoms with Crippen molar-refractivity contribution >= 4 is 5.97 Å². The summed E-state index contributed by atoms with van der Waals surface area (Å²) in [7, 11) is 0. The summed E-state index contributed by atoms with van der Waals surface area (Å²) in [5.74, 6) is -1.09. The van der Waals surface area contributed by atoms with Crippen molar-refractivity contribution < 1.29 is 19.2 Å². The molecule has 1 heterocycles. The normalized spacial score (nSPS) is 10.2. The van der Waals surface area contributed by atoms with E-state index in [-0.39, 0.29) is 11.6 Å². The van der Waals surface area contributed by atoms with Crippen molar-refractivity contribution in [1.29, 1.82) is 0 Å². The van der Waals surface area contributed by atoms with E-state index in [2.05, 4.69) is 16.6 Å².